The molecule has 0 aliphatic carbocycles. The molecule has 3 nitrogen and oxygen atoms in total. The molecule has 0 saturated carbocycles. The van der Waals surface area contributed by atoms with Gasteiger partial charge in [0.15, 0.2) is 5.13 Å². The molecule has 4 rings (SSSR count). The van der Waals surface area contributed by atoms with Crippen LogP contribution >= 0.6 is 11.3 Å². The molecule has 5 heteroatoms. The van der Waals surface area contributed by atoms with Crippen molar-refractivity contribution < 1.29 is 4.39 Å². The van der Waals surface area contributed by atoms with Crippen molar-refractivity contribution in [1.29, 1.82) is 0 Å². The van der Waals surface area contributed by atoms with Gasteiger partial charge in [0.25, 0.3) is 0 Å². The predicted molar refractivity (Wildman–Crippen MR) is 95.8 cm³/mol. The minimum atomic E-state index is -0.217. The van der Waals surface area contributed by atoms with E-state index < -0.39 is 0 Å². The van der Waals surface area contributed by atoms with Crippen molar-refractivity contribution in [2.75, 3.05) is 18.0 Å². The zero-order chi connectivity index (χ0) is 16.4. The Morgan fingerprint density at radius 2 is 2.04 bits per heavy atom. The van der Waals surface area contributed by atoms with Gasteiger partial charge in [0.05, 0.1) is 5.69 Å². The lowest BCUT2D eigenvalue weighted by Gasteiger charge is -2.14. The monoisotopic (exact) mass is 339 g/mol. The van der Waals surface area contributed by atoms with Crippen LogP contribution in [-0.4, -0.2) is 23.1 Å². The fourth-order valence-corrected chi connectivity index (χ4v) is 4.02. The normalized spacial score (nSPS) is 17.4. The van der Waals surface area contributed by atoms with E-state index in [2.05, 4.69) is 21.3 Å². The van der Waals surface area contributed by atoms with Crippen LogP contribution in [0, 0.1) is 11.7 Å². The van der Waals surface area contributed by atoms with Gasteiger partial charge in [0, 0.05) is 35.9 Å². The summed E-state index contributed by atoms with van der Waals surface area (Å²) < 4.78 is 13.0. The number of rotatable bonds is 4. The molecule has 1 saturated heterocycles. The first-order chi connectivity index (χ1) is 11.8. The van der Waals surface area contributed by atoms with Crippen molar-refractivity contribution in [3.05, 3.63) is 65.6 Å². The zero-order valence-corrected chi connectivity index (χ0v) is 14.0. The van der Waals surface area contributed by atoms with E-state index in [1.807, 2.05) is 18.3 Å². The van der Waals surface area contributed by atoms with E-state index >= 15 is 0 Å². The van der Waals surface area contributed by atoms with E-state index in [1.54, 1.807) is 23.5 Å². The standard InChI is InChI=1S/C19H18FN3S/c20-16-6-4-15(5-7-16)18-13-24-19(22-18)23-10-8-14(12-23)11-17-3-1-2-9-21-17/h1-7,9,13-14H,8,10-12H2. The third-order valence-electron chi connectivity index (χ3n) is 4.41. The van der Waals surface area contributed by atoms with Gasteiger partial charge in [-0.05, 0) is 55.2 Å². The number of nitrogens with zero attached hydrogens (tertiary/aromatic N) is 3. The zero-order valence-electron chi connectivity index (χ0n) is 13.2. The van der Waals surface area contributed by atoms with Crippen molar-refractivity contribution in [2.45, 2.75) is 12.8 Å². The Kier molecular flexibility index (Phi) is 4.26. The van der Waals surface area contributed by atoms with E-state index in [-0.39, 0.29) is 5.82 Å². The highest BCUT2D eigenvalue weighted by molar-refractivity contribution is 7.14. The minimum Gasteiger partial charge on any atom is -0.348 e. The van der Waals surface area contributed by atoms with Crippen LogP contribution in [0.15, 0.2) is 54.0 Å². The summed E-state index contributed by atoms with van der Waals surface area (Å²) in [5.74, 6) is 0.407. The number of anilines is 1. The molecule has 2 aromatic heterocycles. The second-order valence-electron chi connectivity index (χ2n) is 6.15. The van der Waals surface area contributed by atoms with Crippen LogP contribution in [-0.2, 0) is 6.42 Å². The molecule has 1 unspecified atom stereocenters. The number of hydrogen-bond donors (Lipinski definition) is 0. The summed E-state index contributed by atoms with van der Waals surface area (Å²) in [5, 5.41) is 3.10. The Labute approximate surface area is 144 Å². The second-order valence-corrected chi connectivity index (χ2v) is 6.98. The molecule has 3 heterocycles. The minimum absolute atomic E-state index is 0.217. The Bertz CT molecular complexity index is 801. The van der Waals surface area contributed by atoms with Gasteiger partial charge in [-0.15, -0.1) is 11.3 Å². The molecule has 0 amide bonds. The van der Waals surface area contributed by atoms with Gasteiger partial charge in [-0.1, -0.05) is 6.07 Å². The maximum Gasteiger partial charge on any atom is 0.185 e. The molecule has 3 aromatic rings. The van der Waals surface area contributed by atoms with Crippen molar-refractivity contribution in [3.8, 4) is 11.3 Å². The summed E-state index contributed by atoms with van der Waals surface area (Å²) >= 11 is 1.66. The number of thiazole rings is 1. The SMILES string of the molecule is Fc1ccc(-c2csc(N3CCC(Cc4ccccn4)C3)n2)cc1. The third-order valence-corrected chi connectivity index (χ3v) is 5.31. The van der Waals surface area contributed by atoms with E-state index in [1.165, 1.54) is 18.6 Å². The molecule has 0 bridgehead atoms. The largest absolute Gasteiger partial charge is 0.348 e. The molecular weight excluding hydrogens is 321 g/mol. The summed E-state index contributed by atoms with van der Waals surface area (Å²) in [5.41, 5.74) is 3.04. The van der Waals surface area contributed by atoms with E-state index in [0.29, 0.717) is 5.92 Å². The number of benzene rings is 1. The quantitative estimate of drug-likeness (QED) is 0.705. The lowest BCUT2D eigenvalue weighted by atomic mass is 10.0. The molecule has 24 heavy (non-hydrogen) atoms. The third kappa shape index (κ3) is 3.31. The highest BCUT2D eigenvalue weighted by Gasteiger charge is 2.25. The lowest BCUT2D eigenvalue weighted by Crippen LogP contribution is -2.20. The van der Waals surface area contributed by atoms with Crippen LogP contribution in [0.5, 0.6) is 0 Å². The fraction of sp³-hybridized carbons (Fsp3) is 0.263. The molecule has 1 aromatic carbocycles. The van der Waals surface area contributed by atoms with Crippen molar-refractivity contribution >= 4 is 16.5 Å². The second kappa shape index (κ2) is 6.69. The lowest BCUT2D eigenvalue weighted by molar-refractivity contribution is 0.578. The number of pyridine rings is 1. The molecule has 1 aliphatic heterocycles. The van der Waals surface area contributed by atoms with Gasteiger partial charge in [-0.3, -0.25) is 4.98 Å². The first-order valence-corrected chi connectivity index (χ1v) is 9.02. The summed E-state index contributed by atoms with van der Waals surface area (Å²) in [6, 6.07) is 12.6. The average molecular weight is 339 g/mol. The molecule has 1 atom stereocenters. The molecule has 1 aliphatic rings. The molecule has 0 spiro atoms. The smallest absolute Gasteiger partial charge is 0.185 e. The van der Waals surface area contributed by atoms with Gasteiger partial charge < -0.3 is 4.90 Å². The first kappa shape index (κ1) is 15.3. The van der Waals surface area contributed by atoms with E-state index in [0.717, 1.165) is 41.6 Å². The summed E-state index contributed by atoms with van der Waals surface area (Å²) in [6.45, 7) is 2.06. The summed E-state index contributed by atoms with van der Waals surface area (Å²) in [7, 11) is 0. The topological polar surface area (TPSA) is 29.0 Å². The van der Waals surface area contributed by atoms with E-state index in [4.69, 9.17) is 4.98 Å². The van der Waals surface area contributed by atoms with Gasteiger partial charge in [-0.25, -0.2) is 9.37 Å². The van der Waals surface area contributed by atoms with Crippen molar-refractivity contribution in [2.24, 2.45) is 5.92 Å². The molecule has 0 N–H and O–H groups in total. The summed E-state index contributed by atoms with van der Waals surface area (Å²) in [6.07, 6.45) is 4.05. The van der Waals surface area contributed by atoms with Crippen LogP contribution in [0.4, 0.5) is 9.52 Å². The molecule has 0 radical (unpaired) electrons. The van der Waals surface area contributed by atoms with Gasteiger partial charge in [0.2, 0.25) is 0 Å². The Morgan fingerprint density at radius 3 is 2.83 bits per heavy atom. The molecule has 122 valence electrons. The van der Waals surface area contributed by atoms with Gasteiger partial charge in [-0.2, -0.15) is 0 Å². The Balaban J connectivity index is 1.43. The number of hydrogen-bond acceptors (Lipinski definition) is 4. The maximum atomic E-state index is 13.0. The van der Waals surface area contributed by atoms with Crippen LogP contribution in [0.3, 0.4) is 0 Å². The highest BCUT2D eigenvalue weighted by Crippen LogP contribution is 2.31. The Morgan fingerprint density at radius 1 is 1.17 bits per heavy atom. The number of halogens is 1. The predicted octanol–water partition coefficient (Wildman–Crippen LogP) is 4.41. The van der Waals surface area contributed by atoms with E-state index in [9.17, 15) is 4.39 Å². The van der Waals surface area contributed by atoms with Crippen LogP contribution in [0.25, 0.3) is 11.3 Å². The van der Waals surface area contributed by atoms with Crippen LogP contribution in [0.2, 0.25) is 0 Å². The summed E-state index contributed by atoms with van der Waals surface area (Å²) in [4.78, 5) is 11.5. The number of aromatic nitrogens is 2. The first-order valence-electron chi connectivity index (χ1n) is 8.14. The average Bonchev–Trinajstić information content (AvgIpc) is 3.26. The molecule has 1 fully saturated rings. The van der Waals surface area contributed by atoms with Crippen molar-refractivity contribution in [1.82, 2.24) is 9.97 Å². The highest BCUT2D eigenvalue weighted by atomic mass is 32.1. The van der Waals surface area contributed by atoms with Crippen molar-refractivity contribution in [3.63, 3.8) is 0 Å². The fourth-order valence-electron chi connectivity index (χ4n) is 3.15. The van der Waals surface area contributed by atoms with Gasteiger partial charge in [0.1, 0.15) is 5.82 Å². The Hall–Kier alpha value is -2.27. The van der Waals surface area contributed by atoms with Crippen LogP contribution < -0.4 is 4.90 Å². The maximum absolute atomic E-state index is 13.0. The molecular formula is C19H18FN3S. The van der Waals surface area contributed by atoms with Gasteiger partial charge >= 0.3 is 0 Å². The van der Waals surface area contributed by atoms with Crippen LogP contribution in [0.1, 0.15) is 12.1 Å².